The zero-order valence-corrected chi connectivity index (χ0v) is 52.4. The first-order chi connectivity index (χ1) is 42.5. The van der Waals surface area contributed by atoms with Gasteiger partial charge in [-0.1, -0.05) is 80.4 Å². The van der Waals surface area contributed by atoms with Crippen LogP contribution in [-0.2, 0) is 0 Å². The van der Waals surface area contributed by atoms with Crippen molar-refractivity contribution in [1.82, 2.24) is 0 Å². The summed E-state index contributed by atoms with van der Waals surface area (Å²) in [5.74, 6) is 6.67. The highest BCUT2D eigenvalue weighted by Gasteiger charge is 2.08. The molecule has 8 aromatic carbocycles. The highest BCUT2D eigenvalue weighted by atomic mass is 79.9. The van der Waals surface area contributed by atoms with Crippen molar-refractivity contribution >= 4 is 54.6 Å². The Labute approximate surface area is 525 Å². The van der Waals surface area contributed by atoms with Crippen LogP contribution in [0.3, 0.4) is 0 Å². The molecule has 0 amide bonds. The summed E-state index contributed by atoms with van der Waals surface area (Å²) < 4.78 is 50.6. The van der Waals surface area contributed by atoms with Crippen LogP contribution in [-0.4, -0.2) is 52.9 Å². The molecule has 86 heavy (non-hydrogen) atoms. The first-order valence-electron chi connectivity index (χ1n) is 30.4. The number of ether oxygens (including phenoxy) is 8. The number of para-hydroxylation sites is 4. The van der Waals surface area contributed by atoms with Crippen molar-refractivity contribution in [2.75, 3.05) is 52.9 Å². The van der Waals surface area contributed by atoms with Crippen molar-refractivity contribution in [3.8, 4) is 57.1 Å². The second-order valence-electron chi connectivity index (χ2n) is 20.7. The summed E-state index contributed by atoms with van der Waals surface area (Å²) in [4.78, 5) is 0. The molecule has 8 aromatic rings. The fraction of sp³-hybridized carbons (Fsp3) is 0.333. The molecule has 0 N–H and O–H groups in total. The van der Waals surface area contributed by atoms with Crippen LogP contribution in [0.1, 0.15) is 103 Å². The van der Waals surface area contributed by atoms with E-state index in [-0.39, 0.29) is 0 Å². The molecule has 0 saturated carbocycles. The first kappa shape index (κ1) is 64.3. The van der Waals surface area contributed by atoms with Crippen LogP contribution in [0, 0.1) is 0 Å². The van der Waals surface area contributed by atoms with E-state index < -0.39 is 0 Å². The minimum absolute atomic E-state index is 0.656. The Kier molecular flexibility index (Phi) is 28.7. The number of azo groups is 2. The van der Waals surface area contributed by atoms with Gasteiger partial charge in [0.2, 0.25) is 0 Å². The van der Waals surface area contributed by atoms with Crippen LogP contribution in [0.4, 0.5) is 22.7 Å². The fourth-order valence-electron chi connectivity index (χ4n) is 9.05. The number of unbranched alkanes of at least 4 members (excludes halogenated alkanes) is 12. The monoisotopic (exact) mass is 1290 g/mol. The molecule has 0 radical (unpaired) electrons. The highest BCUT2D eigenvalue weighted by Crippen LogP contribution is 2.31. The molecule has 0 atom stereocenters. The number of hydrogen-bond donors (Lipinski definition) is 0. The zero-order chi connectivity index (χ0) is 59.3. The Hall–Kier alpha value is -7.68. The van der Waals surface area contributed by atoms with Gasteiger partial charge >= 0.3 is 0 Å². The van der Waals surface area contributed by atoms with Gasteiger partial charge in [0.05, 0.1) is 75.6 Å². The average Bonchev–Trinajstić information content (AvgIpc) is 3.66. The van der Waals surface area contributed by atoms with E-state index in [0.29, 0.717) is 52.9 Å². The molecule has 0 aliphatic rings. The lowest BCUT2D eigenvalue weighted by Gasteiger charge is -2.13. The summed E-state index contributed by atoms with van der Waals surface area (Å²) >= 11 is 6.88. The van der Waals surface area contributed by atoms with E-state index in [1.807, 2.05) is 146 Å². The quantitative estimate of drug-likeness (QED) is 0.0274. The summed E-state index contributed by atoms with van der Waals surface area (Å²) in [6.07, 6.45) is 16.5. The number of benzene rings is 8. The summed E-state index contributed by atoms with van der Waals surface area (Å²) in [5, 5.41) is 17.2. The van der Waals surface area contributed by atoms with Crippen molar-refractivity contribution in [3.63, 3.8) is 0 Å². The molecule has 14 heteroatoms. The molecule has 0 aromatic heterocycles. The van der Waals surface area contributed by atoms with Gasteiger partial charge in [0.1, 0.15) is 23.0 Å². The third-order valence-corrected chi connectivity index (χ3v) is 14.9. The summed E-state index contributed by atoms with van der Waals surface area (Å²) in [5.41, 5.74) is 5.48. The van der Waals surface area contributed by atoms with Crippen molar-refractivity contribution in [2.24, 2.45) is 20.5 Å². The zero-order valence-electron chi connectivity index (χ0n) is 49.3. The minimum atomic E-state index is 0.656. The SMILES string of the molecule is Brc1ccc(N=Nc2ccc(OCCCCCCOc3ccccc3OCCCCCCOc3ccc(-c4ccc(OCCCCCCOc5ccccc5OCCCCCCOc5ccc(N=Nc6ccc(Br)cc6)cc5)cc4)cc3)cc2)cc1. The van der Waals surface area contributed by atoms with Gasteiger partial charge in [-0.25, -0.2) is 0 Å². The van der Waals surface area contributed by atoms with Gasteiger partial charge in [-0.05, 0) is 259 Å². The summed E-state index contributed by atoms with van der Waals surface area (Å²) in [6.45, 7) is 5.35. The lowest BCUT2D eigenvalue weighted by molar-refractivity contribution is 0.254. The summed E-state index contributed by atoms with van der Waals surface area (Å²) in [6, 6.07) is 63.5. The third-order valence-electron chi connectivity index (χ3n) is 13.9. The van der Waals surface area contributed by atoms with E-state index in [9.17, 15) is 0 Å². The predicted octanol–water partition coefficient (Wildman–Crippen LogP) is 21.8. The maximum atomic E-state index is 6.14. The van der Waals surface area contributed by atoms with Crippen LogP contribution in [0.15, 0.2) is 224 Å². The first-order valence-corrected chi connectivity index (χ1v) is 32.0. The Balaban J connectivity index is 0.582. The lowest BCUT2D eigenvalue weighted by atomic mass is 10.1. The molecule has 0 unspecified atom stereocenters. The molecule has 0 bridgehead atoms. The number of hydrogen-bond acceptors (Lipinski definition) is 12. The van der Waals surface area contributed by atoms with E-state index >= 15 is 0 Å². The molecule has 0 saturated heterocycles. The maximum absolute atomic E-state index is 6.14. The van der Waals surface area contributed by atoms with Crippen LogP contribution < -0.4 is 37.9 Å². The van der Waals surface area contributed by atoms with Gasteiger partial charge in [-0.15, -0.1) is 0 Å². The summed E-state index contributed by atoms with van der Waals surface area (Å²) in [7, 11) is 0. The second kappa shape index (κ2) is 38.4. The number of halogens is 2. The van der Waals surface area contributed by atoms with Gasteiger partial charge in [-0.2, -0.15) is 20.5 Å². The molecule has 0 spiro atoms. The fourth-order valence-corrected chi connectivity index (χ4v) is 9.58. The van der Waals surface area contributed by atoms with Crippen LogP contribution in [0.2, 0.25) is 0 Å². The smallest absolute Gasteiger partial charge is 0.161 e. The average molecular weight is 1290 g/mol. The van der Waals surface area contributed by atoms with Crippen LogP contribution in [0.25, 0.3) is 11.1 Å². The van der Waals surface area contributed by atoms with E-state index in [0.717, 1.165) is 192 Å². The van der Waals surface area contributed by atoms with Crippen molar-refractivity contribution in [3.05, 3.63) is 203 Å². The van der Waals surface area contributed by atoms with Gasteiger partial charge in [0.25, 0.3) is 0 Å². The number of rotatable bonds is 41. The maximum Gasteiger partial charge on any atom is 0.161 e. The molecule has 450 valence electrons. The predicted molar refractivity (Wildman–Crippen MR) is 352 cm³/mol. The third kappa shape index (κ3) is 24.7. The van der Waals surface area contributed by atoms with E-state index in [1.165, 1.54) is 0 Å². The Morgan fingerprint density at radius 2 is 0.407 bits per heavy atom. The molecule has 0 aliphatic heterocycles. The Morgan fingerprint density at radius 3 is 0.640 bits per heavy atom. The van der Waals surface area contributed by atoms with Crippen molar-refractivity contribution in [2.45, 2.75) is 103 Å². The Bertz CT molecular complexity index is 2970. The highest BCUT2D eigenvalue weighted by molar-refractivity contribution is 9.10. The molecule has 8 rings (SSSR count). The van der Waals surface area contributed by atoms with Gasteiger partial charge in [0, 0.05) is 8.95 Å². The van der Waals surface area contributed by atoms with E-state index in [2.05, 4.69) is 101 Å². The molecule has 0 fully saturated rings. The molecular weight excluding hydrogens is 1210 g/mol. The molecular formula is C72H80Br2N4O8. The number of nitrogens with zero attached hydrogens (tertiary/aromatic N) is 4. The largest absolute Gasteiger partial charge is 0.494 e. The van der Waals surface area contributed by atoms with Gasteiger partial charge in [0.15, 0.2) is 23.0 Å². The molecule has 0 heterocycles. The molecule has 0 aliphatic carbocycles. The standard InChI is InChI=1S/C72H80Br2N4O8/c73-59-29-33-61(34-30-59)75-77-63-37-45-67(46-38-63)81-51-15-3-7-19-55-85-71-23-11-9-21-69(71)83-53-17-5-1-13-49-79-65-41-25-57(26-42-65)58-27-43-66(44-28-58)80-50-14-2-6-18-54-84-70-22-10-12-24-72(70)86-56-20-8-4-16-52-82-68-47-39-64(40-48-68)78-76-62-35-31-60(74)32-36-62/h9-12,21-48H,1-8,13-20,49-56H2. The van der Waals surface area contributed by atoms with Crippen LogP contribution in [0.5, 0.6) is 46.0 Å². The topological polar surface area (TPSA) is 123 Å². The minimum Gasteiger partial charge on any atom is -0.494 e. The molecule has 12 nitrogen and oxygen atoms in total. The Morgan fingerprint density at radius 1 is 0.209 bits per heavy atom. The lowest BCUT2D eigenvalue weighted by Crippen LogP contribution is -2.03. The van der Waals surface area contributed by atoms with Crippen molar-refractivity contribution < 1.29 is 37.9 Å². The van der Waals surface area contributed by atoms with Crippen molar-refractivity contribution in [1.29, 1.82) is 0 Å². The van der Waals surface area contributed by atoms with Gasteiger partial charge in [-0.3, -0.25) is 0 Å². The van der Waals surface area contributed by atoms with Crippen LogP contribution >= 0.6 is 31.9 Å². The van der Waals surface area contributed by atoms with E-state index in [1.54, 1.807) is 0 Å². The second-order valence-corrected chi connectivity index (χ2v) is 22.6. The van der Waals surface area contributed by atoms with Gasteiger partial charge < -0.3 is 37.9 Å². The normalized spacial score (nSPS) is 11.2. The van der Waals surface area contributed by atoms with E-state index in [4.69, 9.17) is 37.9 Å².